The summed E-state index contributed by atoms with van der Waals surface area (Å²) in [7, 11) is -1.84. The molecule has 8 heteroatoms. The van der Waals surface area contributed by atoms with E-state index in [-0.39, 0.29) is 16.4 Å². The molecule has 6 nitrogen and oxygen atoms in total. The van der Waals surface area contributed by atoms with Gasteiger partial charge in [-0.3, -0.25) is 4.68 Å². The van der Waals surface area contributed by atoms with Crippen molar-refractivity contribution >= 4 is 27.2 Å². The minimum Gasteiger partial charge on any atom is -0.389 e. The highest BCUT2D eigenvalue weighted by atomic mass is 32.2. The van der Waals surface area contributed by atoms with Crippen LogP contribution < -0.4 is 10.5 Å². The molecule has 0 aliphatic heterocycles. The molecule has 112 valence electrons. The fourth-order valence-electron chi connectivity index (χ4n) is 1.94. The number of hydrogen-bond donors (Lipinski definition) is 2. The fraction of sp³-hybridized carbons (Fsp3) is 0.231. The Hall–Kier alpha value is -1.77. The van der Waals surface area contributed by atoms with E-state index in [1.54, 1.807) is 29.1 Å². The normalized spacial score (nSPS) is 11.5. The first-order valence-electron chi connectivity index (χ1n) is 6.27. The number of sulfonamides is 1. The lowest BCUT2D eigenvalue weighted by atomic mass is 10.2. The largest absolute Gasteiger partial charge is 0.389 e. The van der Waals surface area contributed by atoms with E-state index in [0.29, 0.717) is 12.0 Å². The van der Waals surface area contributed by atoms with Crippen molar-refractivity contribution in [3.8, 4) is 0 Å². The topological polar surface area (TPSA) is 90.0 Å². The Morgan fingerprint density at radius 2 is 2.10 bits per heavy atom. The van der Waals surface area contributed by atoms with Crippen LogP contribution in [0.5, 0.6) is 0 Å². The number of hydrogen-bond acceptors (Lipinski definition) is 4. The molecule has 21 heavy (non-hydrogen) atoms. The maximum Gasteiger partial charge on any atom is 0.241 e. The zero-order chi connectivity index (χ0) is 15.5. The lowest BCUT2D eigenvalue weighted by Gasteiger charge is -2.10. The summed E-state index contributed by atoms with van der Waals surface area (Å²) in [6.45, 7) is 0.271. The molecular weight excluding hydrogens is 308 g/mol. The highest BCUT2D eigenvalue weighted by molar-refractivity contribution is 7.89. The van der Waals surface area contributed by atoms with E-state index in [2.05, 4.69) is 9.82 Å². The van der Waals surface area contributed by atoms with E-state index in [9.17, 15) is 8.42 Å². The molecule has 0 radical (unpaired) electrons. The van der Waals surface area contributed by atoms with Crippen LogP contribution in [0.3, 0.4) is 0 Å². The van der Waals surface area contributed by atoms with E-state index in [1.165, 1.54) is 6.07 Å². The van der Waals surface area contributed by atoms with Crippen molar-refractivity contribution in [2.75, 3.05) is 6.54 Å². The third-order valence-electron chi connectivity index (χ3n) is 3.04. The van der Waals surface area contributed by atoms with Crippen LogP contribution in [0.25, 0.3) is 0 Å². The summed E-state index contributed by atoms with van der Waals surface area (Å²) < 4.78 is 28.9. The number of thiocarbonyl (C=S) groups is 1. The van der Waals surface area contributed by atoms with Gasteiger partial charge in [0.15, 0.2) is 0 Å². The second-order valence-electron chi connectivity index (χ2n) is 4.45. The quantitative estimate of drug-likeness (QED) is 0.759. The molecule has 0 atom stereocenters. The molecule has 0 bridgehead atoms. The average Bonchev–Trinajstić information content (AvgIpc) is 2.84. The zero-order valence-corrected chi connectivity index (χ0v) is 13.1. The van der Waals surface area contributed by atoms with Crippen LogP contribution in [-0.2, 0) is 23.5 Å². The summed E-state index contributed by atoms with van der Waals surface area (Å²) >= 11 is 4.89. The van der Waals surface area contributed by atoms with Gasteiger partial charge >= 0.3 is 0 Å². The predicted octanol–water partition coefficient (Wildman–Crippen LogP) is 0.575. The lowest BCUT2D eigenvalue weighted by Crippen LogP contribution is -2.28. The molecule has 0 saturated heterocycles. The Kier molecular flexibility index (Phi) is 4.71. The second-order valence-corrected chi connectivity index (χ2v) is 6.63. The highest BCUT2D eigenvalue weighted by Gasteiger charge is 2.18. The molecule has 0 aliphatic rings. The molecule has 0 aliphatic carbocycles. The van der Waals surface area contributed by atoms with E-state index in [4.69, 9.17) is 18.0 Å². The van der Waals surface area contributed by atoms with Gasteiger partial charge in [0, 0.05) is 37.5 Å². The molecule has 0 amide bonds. The Balaban J connectivity index is 2.12. The summed E-state index contributed by atoms with van der Waals surface area (Å²) in [5, 5.41) is 4.03. The first-order valence-corrected chi connectivity index (χ1v) is 8.16. The minimum absolute atomic E-state index is 0.0580. The molecular formula is C13H16N4O2S2. The third-order valence-corrected chi connectivity index (χ3v) is 4.78. The molecule has 0 spiro atoms. The molecule has 3 N–H and O–H groups in total. The molecule has 0 fully saturated rings. The standard InChI is InChI=1S/C13H16N4O2S2/c1-17-10(6-8-15-17)7-9-16-21(18,19)12-5-3-2-4-11(12)13(14)20/h2-6,8,16H,7,9H2,1H3,(H2,14,20). The number of benzene rings is 1. The van der Waals surface area contributed by atoms with Gasteiger partial charge in [-0.25, -0.2) is 13.1 Å². The maximum atomic E-state index is 12.3. The molecule has 1 aromatic carbocycles. The van der Waals surface area contributed by atoms with Gasteiger partial charge in [-0.15, -0.1) is 0 Å². The fourth-order valence-corrected chi connectivity index (χ4v) is 3.44. The number of nitrogens with two attached hydrogens (primary N) is 1. The van der Waals surface area contributed by atoms with Crippen LogP contribution >= 0.6 is 12.2 Å². The van der Waals surface area contributed by atoms with Gasteiger partial charge in [0.05, 0.1) is 4.90 Å². The van der Waals surface area contributed by atoms with Crippen LogP contribution in [0, 0.1) is 0 Å². The number of rotatable bonds is 6. The minimum atomic E-state index is -3.65. The molecule has 0 saturated carbocycles. The van der Waals surface area contributed by atoms with Crippen molar-refractivity contribution < 1.29 is 8.42 Å². The zero-order valence-electron chi connectivity index (χ0n) is 11.5. The van der Waals surface area contributed by atoms with Crippen LogP contribution in [0.2, 0.25) is 0 Å². The van der Waals surface area contributed by atoms with E-state index in [1.807, 2.05) is 13.1 Å². The summed E-state index contributed by atoms with van der Waals surface area (Å²) in [5.41, 5.74) is 6.86. The van der Waals surface area contributed by atoms with Crippen molar-refractivity contribution in [2.24, 2.45) is 12.8 Å². The van der Waals surface area contributed by atoms with E-state index >= 15 is 0 Å². The Morgan fingerprint density at radius 3 is 2.71 bits per heavy atom. The van der Waals surface area contributed by atoms with Crippen LogP contribution in [0.1, 0.15) is 11.3 Å². The lowest BCUT2D eigenvalue weighted by molar-refractivity contribution is 0.579. The van der Waals surface area contributed by atoms with Crippen molar-refractivity contribution in [1.82, 2.24) is 14.5 Å². The van der Waals surface area contributed by atoms with Gasteiger partial charge < -0.3 is 5.73 Å². The molecule has 1 heterocycles. The first-order chi connectivity index (χ1) is 9.92. The summed E-state index contributed by atoms with van der Waals surface area (Å²) in [6, 6.07) is 8.26. The van der Waals surface area contributed by atoms with Gasteiger partial charge in [0.1, 0.15) is 4.99 Å². The molecule has 1 aromatic heterocycles. The Morgan fingerprint density at radius 1 is 1.38 bits per heavy atom. The van der Waals surface area contributed by atoms with Crippen molar-refractivity contribution in [2.45, 2.75) is 11.3 Å². The summed E-state index contributed by atoms with van der Waals surface area (Å²) in [5.74, 6) is 0. The maximum absolute atomic E-state index is 12.3. The average molecular weight is 324 g/mol. The van der Waals surface area contributed by atoms with Crippen molar-refractivity contribution in [1.29, 1.82) is 0 Å². The number of nitrogens with zero attached hydrogens (tertiary/aromatic N) is 2. The smallest absolute Gasteiger partial charge is 0.241 e. The molecule has 2 aromatic rings. The van der Waals surface area contributed by atoms with Crippen LogP contribution in [0.4, 0.5) is 0 Å². The summed E-state index contributed by atoms with van der Waals surface area (Å²) in [4.78, 5) is 0.158. The third kappa shape index (κ3) is 3.66. The second kappa shape index (κ2) is 6.33. The van der Waals surface area contributed by atoms with Gasteiger partial charge in [-0.2, -0.15) is 5.10 Å². The molecule has 0 unspecified atom stereocenters. The van der Waals surface area contributed by atoms with Crippen LogP contribution in [0.15, 0.2) is 41.4 Å². The molecule has 2 rings (SSSR count). The van der Waals surface area contributed by atoms with Gasteiger partial charge in [-0.05, 0) is 12.1 Å². The van der Waals surface area contributed by atoms with Gasteiger partial charge in [0.25, 0.3) is 0 Å². The van der Waals surface area contributed by atoms with Gasteiger partial charge in [0.2, 0.25) is 10.0 Å². The number of nitrogens with one attached hydrogen (secondary N) is 1. The van der Waals surface area contributed by atoms with E-state index < -0.39 is 10.0 Å². The number of aryl methyl sites for hydroxylation is 1. The van der Waals surface area contributed by atoms with Crippen molar-refractivity contribution in [3.63, 3.8) is 0 Å². The Bertz CT molecular complexity index is 753. The first kappa shape index (κ1) is 15.6. The van der Waals surface area contributed by atoms with E-state index in [0.717, 1.165) is 5.69 Å². The van der Waals surface area contributed by atoms with Crippen LogP contribution in [-0.4, -0.2) is 29.7 Å². The highest BCUT2D eigenvalue weighted by Crippen LogP contribution is 2.15. The summed E-state index contributed by atoms with van der Waals surface area (Å²) in [6.07, 6.45) is 2.22. The monoisotopic (exact) mass is 324 g/mol. The Labute approximate surface area is 129 Å². The van der Waals surface area contributed by atoms with Crippen molar-refractivity contribution in [3.05, 3.63) is 47.8 Å². The van der Waals surface area contributed by atoms with Gasteiger partial charge in [-0.1, -0.05) is 30.4 Å². The number of aromatic nitrogens is 2. The SMILES string of the molecule is Cn1nccc1CCNS(=O)(=O)c1ccccc1C(N)=S. The predicted molar refractivity (Wildman–Crippen MR) is 84.4 cm³/mol.